The van der Waals surface area contributed by atoms with Crippen LogP contribution in [-0.4, -0.2) is 37.0 Å². The number of alkyl halides is 4. The fourth-order valence-corrected chi connectivity index (χ4v) is 1.21. The summed E-state index contributed by atoms with van der Waals surface area (Å²) in [5.74, 6) is -4.67. The quantitative estimate of drug-likeness (QED) is 0.611. The van der Waals surface area contributed by atoms with Crippen molar-refractivity contribution < 1.29 is 27.1 Å². The summed E-state index contributed by atoms with van der Waals surface area (Å²) in [6.45, 7) is -1.23. The zero-order valence-electron chi connectivity index (χ0n) is 9.47. The predicted molar refractivity (Wildman–Crippen MR) is 54.8 cm³/mol. The molecule has 0 radical (unpaired) electrons. The second-order valence-electron chi connectivity index (χ2n) is 3.55. The molecule has 1 heterocycles. The molecule has 0 spiro atoms. The third kappa shape index (κ3) is 3.73. The fraction of sp³-hybridized carbons (Fsp3) is 0.500. The maximum Gasteiger partial charge on any atom is 0.354 e. The van der Waals surface area contributed by atoms with E-state index in [2.05, 4.69) is 15.0 Å². The smallest absolute Gasteiger partial charge is 0.354 e. The molecule has 1 rings (SSSR count). The molecule has 0 aromatic carbocycles. The number of hydrogen-bond acceptors (Lipinski definition) is 3. The van der Waals surface area contributed by atoms with Gasteiger partial charge in [-0.05, 0) is 12.1 Å². The van der Waals surface area contributed by atoms with E-state index in [0.717, 1.165) is 0 Å². The van der Waals surface area contributed by atoms with E-state index < -0.39 is 24.9 Å². The van der Waals surface area contributed by atoms with Crippen molar-refractivity contribution in [2.45, 2.75) is 18.9 Å². The number of H-pyrrole nitrogens is 1. The van der Waals surface area contributed by atoms with Gasteiger partial charge in [0.1, 0.15) is 5.69 Å². The van der Waals surface area contributed by atoms with Crippen molar-refractivity contribution >= 4 is 5.97 Å². The Labute approximate surface area is 100 Å². The van der Waals surface area contributed by atoms with Gasteiger partial charge in [-0.2, -0.15) is 8.78 Å². The van der Waals surface area contributed by atoms with Crippen LogP contribution in [0.2, 0.25) is 0 Å². The zero-order chi connectivity index (χ0) is 13.8. The van der Waals surface area contributed by atoms with E-state index in [4.69, 9.17) is 0 Å². The monoisotopic (exact) mass is 268 g/mol. The minimum Gasteiger partial charge on any atom is -0.464 e. The summed E-state index contributed by atoms with van der Waals surface area (Å²) in [5, 5.41) is 2.18. The fourth-order valence-electron chi connectivity index (χ4n) is 1.21. The molecular formula is C10H12F4N2O2. The van der Waals surface area contributed by atoms with Crippen LogP contribution in [0.4, 0.5) is 17.6 Å². The SMILES string of the molecule is COC(=O)c1ccc(CNCC(F)(F)C(F)F)[nH]1. The lowest BCUT2D eigenvalue weighted by molar-refractivity contribution is -0.125. The van der Waals surface area contributed by atoms with E-state index in [1.807, 2.05) is 0 Å². The van der Waals surface area contributed by atoms with Crippen molar-refractivity contribution in [2.24, 2.45) is 0 Å². The number of carbonyl (C=O) groups is 1. The van der Waals surface area contributed by atoms with Crippen molar-refractivity contribution in [3.05, 3.63) is 23.5 Å². The maximum atomic E-state index is 12.5. The molecule has 0 bridgehead atoms. The molecule has 0 unspecified atom stereocenters. The Bertz CT molecular complexity index is 406. The van der Waals surface area contributed by atoms with Crippen LogP contribution in [0.15, 0.2) is 12.1 Å². The summed E-state index contributed by atoms with van der Waals surface area (Å²) in [5.41, 5.74) is 0.579. The highest BCUT2D eigenvalue weighted by atomic mass is 19.3. The molecular weight excluding hydrogens is 256 g/mol. The molecule has 0 fully saturated rings. The van der Waals surface area contributed by atoms with Gasteiger partial charge in [0.25, 0.3) is 0 Å². The standard InChI is InChI=1S/C10H12F4N2O2/c1-18-8(17)7-3-2-6(16-7)4-15-5-10(13,14)9(11)12/h2-3,9,15-16H,4-5H2,1H3. The Balaban J connectivity index is 2.45. The number of aromatic amines is 1. The molecule has 0 aliphatic heterocycles. The van der Waals surface area contributed by atoms with Gasteiger partial charge in [0, 0.05) is 12.2 Å². The molecule has 0 saturated carbocycles. The summed E-state index contributed by atoms with van der Waals surface area (Å²) in [6.07, 6.45) is -3.71. The van der Waals surface area contributed by atoms with Crippen LogP contribution in [0.25, 0.3) is 0 Å². The molecule has 0 atom stereocenters. The van der Waals surface area contributed by atoms with Gasteiger partial charge in [-0.15, -0.1) is 0 Å². The van der Waals surface area contributed by atoms with Crippen molar-refractivity contribution in [2.75, 3.05) is 13.7 Å². The minimum absolute atomic E-state index is 0.0840. The van der Waals surface area contributed by atoms with Gasteiger partial charge in [0.15, 0.2) is 0 Å². The molecule has 1 aromatic rings. The second-order valence-corrected chi connectivity index (χ2v) is 3.55. The van der Waals surface area contributed by atoms with Crippen molar-refractivity contribution in [3.8, 4) is 0 Å². The third-order valence-electron chi connectivity index (χ3n) is 2.15. The molecule has 0 aliphatic carbocycles. The van der Waals surface area contributed by atoms with Crippen molar-refractivity contribution in [1.82, 2.24) is 10.3 Å². The molecule has 18 heavy (non-hydrogen) atoms. The van der Waals surface area contributed by atoms with Crippen LogP contribution in [-0.2, 0) is 11.3 Å². The van der Waals surface area contributed by atoms with Crippen molar-refractivity contribution in [1.29, 1.82) is 0 Å². The molecule has 0 amide bonds. The summed E-state index contributed by atoms with van der Waals surface area (Å²) in [4.78, 5) is 13.7. The summed E-state index contributed by atoms with van der Waals surface area (Å²) < 4.78 is 53.2. The predicted octanol–water partition coefficient (Wildman–Crippen LogP) is 1.79. The van der Waals surface area contributed by atoms with Gasteiger partial charge < -0.3 is 15.0 Å². The largest absolute Gasteiger partial charge is 0.464 e. The molecule has 4 nitrogen and oxygen atoms in total. The normalized spacial score (nSPS) is 11.9. The van der Waals surface area contributed by atoms with E-state index >= 15 is 0 Å². The topological polar surface area (TPSA) is 54.1 Å². The average molecular weight is 268 g/mol. The molecule has 2 N–H and O–H groups in total. The van der Waals surface area contributed by atoms with Crippen molar-refractivity contribution in [3.63, 3.8) is 0 Å². The number of ether oxygens (including phenoxy) is 1. The first-order valence-electron chi connectivity index (χ1n) is 4.99. The molecule has 0 saturated heterocycles. The number of esters is 1. The van der Waals surface area contributed by atoms with Gasteiger partial charge in [0.05, 0.1) is 13.7 Å². The zero-order valence-corrected chi connectivity index (χ0v) is 9.47. The number of halogens is 4. The Kier molecular flexibility index (Phi) is 4.71. The number of carbonyl (C=O) groups excluding carboxylic acids is 1. The summed E-state index contributed by atoms with van der Waals surface area (Å²) in [6, 6.07) is 2.88. The highest BCUT2D eigenvalue weighted by Gasteiger charge is 2.39. The van der Waals surface area contributed by atoms with E-state index in [1.54, 1.807) is 0 Å². The van der Waals surface area contributed by atoms with Crippen LogP contribution in [0.3, 0.4) is 0 Å². The number of rotatable bonds is 6. The Morgan fingerprint density at radius 3 is 2.72 bits per heavy atom. The lowest BCUT2D eigenvalue weighted by Crippen LogP contribution is -2.38. The average Bonchev–Trinajstić information content (AvgIpc) is 2.76. The van der Waals surface area contributed by atoms with Crippen LogP contribution in [0.5, 0.6) is 0 Å². The van der Waals surface area contributed by atoms with E-state index in [0.29, 0.717) is 5.69 Å². The Hall–Kier alpha value is -1.57. The molecule has 8 heteroatoms. The Morgan fingerprint density at radius 1 is 1.50 bits per heavy atom. The second kappa shape index (κ2) is 5.85. The minimum atomic E-state index is -4.07. The van der Waals surface area contributed by atoms with Gasteiger partial charge >= 0.3 is 18.3 Å². The lowest BCUT2D eigenvalue weighted by atomic mass is 10.3. The highest BCUT2D eigenvalue weighted by Crippen LogP contribution is 2.21. The first-order chi connectivity index (χ1) is 8.36. The number of hydrogen-bond donors (Lipinski definition) is 2. The highest BCUT2D eigenvalue weighted by molar-refractivity contribution is 5.87. The Morgan fingerprint density at radius 2 is 2.17 bits per heavy atom. The van der Waals surface area contributed by atoms with E-state index in [-0.39, 0.29) is 12.2 Å². The number of nitrogens with one attached hydrogen (secondary N) is 2. The maximum absolute atomic E-state index is 12.5. The van der Waals surface area contributed by atoms with Crippen LogP contribution < -0.4 is 5.32 Å². The van der Waals surface area contributed by atoms with Gasteiger partial charge in [-0.1, -0.05) is 0 Å². The summed E-state index contributed by atoms with van der Waals surface area (Å²) >= 11 is 0. The van der Waals surface area contributed by atoms with Gasteiger partial charge in [-0.25, -0.2) is 13.6 Å². The van der Waals surface area contributed by atoms with Crippen LogP contribution in [0, 0.1) is 0 Å². The lowest BCUT2D eigenvalue weighted by Gasteiger charge is -2.15. The van der Waals surface area contributed by atoms with Crippen LogP contribution >= 0.6 is 0 Å². The molecule has 0 aliphatic rings. The molecule has 102 valence electrons. The number of methoxy groups -OCH3 is 1. The molecule has 1 aromatic heterocycles. The third-order valence-corrected chi connectivity index (χ3v) is 2.15. The summed E-state index contributed by atoms with van der Waals surface area (Å²) in [7, 11) is 1.20. The first-order valence-corrected chi connectivity index (χ1v) is 4.99. The number of aromatic nitrogens is 1. The first kappa shape index (κ1) is 14.5. The van der Waals surface area contributed by atoms with Gasteiger partial charge in [-0.3, -0.25) is 0 Å². The van der Waals surface area contributed by atoms with E-state index in [1.165, 1.54) is 19.2 Å². The van der Waals surface area contributed by atoms with Crippen LogP contribution in [0.1, 0.15) is 16.2 Å². The van der Waals surface area contributed by atoms with E-state index in [9.17, 15) is 22.4 Å². The van der Waals surface area contributed by atoms with Gasteiger partial charge in [0.2, 0.25) is 0 Å².